The highest BCUT2D eigenvalue weighted by Gasteiger charge is 2.12. The average molecular weight is 420 g/mol. The van der Waals surface area contributed by atoms with Gasteiger partial charge in [-0.1, -0.05) is 60.7 Å². The van der Waals surface area contributed by atoms with Gasteiger partial charge in [0, 0.05) is 12.6 Å². The molecule has 0 aliphatic rings. The molecule has 0 saturated heterocycles. The zero-order valence-corrected chi connectivity index (χ0v) is 18.1. The topological polar surface area (TPSA) is 48.0 Å². The number of nitrogens with zero attached hydrogens (tertiary/aromatic N) is 1. The van der Waals surface area contributed by atoms with Crippen LogP contribution in [0.25, 0.3) is 0 Å². The molecule has 31 heavy (non-hydrogen) atoms. The molecule has 0 aliphatic carbocycles. The molecule has 5 heteroatoms. The minimum atomic E-state index is -0.381. The fraction of sp³-hybridized carbons (Fsp3) is 0.269. The molecule has 0 amide bonds. The third-order valence-corrected chi connectivity index (χ3v) is 4.60. The lowest BCUT2D eigenvalue weighted by molar-refractivity contribution is 0.0492. The van der Waals surface area contributed by atoms with Gasteiger partial charge in [-0.3, -0.25) is 0 Å². The minimum Gasteiger partial charge on any atom is -0.489 e. The van der Waals surface area contributed by atoms with E-state index in [1.165, 1.54) is 0 Å². The first kappa shape index (κ1) is 22.4. The van der Waals surface area contributed by atoms with Crippen molar-refractivity contribution in [1.29, 1.82) is 0 Å². The van der Waals surface area contributed by atoms with Crippen LogP contribution in [0.1, 0.15) is 27.9 Å². The van der Waals surface area contributed by atoms with Crippen molar-refractivity contribution >= 4 is 5.97 Å². The average Bonchev–Trinajstić information content (AvgIpc) is 2.80. The molecule has 0 aliphatic heterocycles. The molecule has 162 valence electrons. The van der Waals surface area contributed by atoms with Crippen LogP contribution in [0.3, 0.4) is 0 Å². The molecule has 0 bridgehead atoms. The Balaban J connectivity index is 1.70. The molecule has 0 saturated carbocycles. The summed E-state index contributed by atoms with van der Waals surface area (Å²) in [5.74, 6) is 0.748. The van der Waals surface area contributed by atoms with E-state index in [4.69, 9.17) is 14.2 Å². The molecular formula is C26H29NO4. The Kier molecular flexibility index (Phi) is 8.49. The van der Waals surface area contributed by atoms with Crippen LogP contribution in [0.4, 0.5) is 0 Å². The van der Waals surface area contributed by atoms with Gasteiger partial charge in [0.15, 0.2) is 0 Å². The van der Waals surface area contributed by atoms with Crippen LogP contribution >= 0.6 is 0 Å². The second-order valence-corrected chi connectivity index (χ2v) is 7.53. The molecule has 3 aromatic carbocycles. The van der Waals surface area contributed by atoms with Gasteiger partial charge < -0.3 is 19.1 Å². The summed E-state index contributed by atoms with van der Waals surface area (Å²) >= 11 is 0. The van der Waals surface area contributed by atoms with Crippen molar-refractivity contribution in [3.8, 4) is 11.5 Å². The Hall–Kier alpha value is -3.31. The maximum atomic E-state index is 12.6. The zero-order chi connectivity index (χ0) is 21.9. The van der Waals surface area contributed by atoms with Gasteiger partial charge in [0.2, 0.25) is 0 Å². The number of carbonyl (C=O) groups is 1. The largest absolute Gasteiger partial charge is 0.489 e. The van der Waals surface area contributed by atoms with Crippen LogP contribution in [0, 0.1) is 0 Å². The lowest BCUT2D eigenvalue weighted by Crippen LogP contribution is -2.16. The maximum absolute atomic E-state index is 12.6. The van der Waals surface area contributed by atoms with E-state index in [1.807, 2.05) is 74.8 Å². The van der Waals surface area contributed by atoms with E-state index in [2.05, 4.69) is 4.90 Å². The third kappa shape index (κ3) is 7.79. The lowest BCUT2D eigenvalue weighted by atomic mass is 10.2. The Morgan fingerprint density at radius 3 is 1.77 bits per heavy atom. The lowest BCUT2D eigenvalue weighted by Gasteiger charge is -2.13. The van der Waals surface area contributed by atoms with Crippen molar-refractivity contribution in [3.63, 3.8) is 0 Å². The van der Waals surface area contributed by atoms with Gasteiger partial charge in [0.1, 0.15) is 24.7 Å². The standard InChI is InChI=1S/C26H29NO4/c1-27(2)14-9-15-29-26(28)23-16-24(30-19-21-10-5-3-6-11-21)18-25(17-23)31-20-22-12-7-4-8-13-22/h3-8,10-13,16-18H,9,14-15,19-20H2,1-2H3. The van der Waals surface area contributed by atoms with Gasteiger partial charge in [-0.05, 0) is 43.8 Å². The molecule has 0 heterocycles. The Morgan fingerprint density at radius 2 is 1.29 bits per heavy atom. The van der Waals surface area contributed by atoms with Crippen LogP contribution in [0.15, 0.2) is 78.9 Å². The fourth-order valence-corrected chi connectivity index (χ4v) is 2.97. The second-order valence-electron chi connectivity index (χ2n) is 7.53. The van der Waals surface area contributed by atoms with Gasteiger partial charge in [-0.2, -0.15) is 0 Å². The number of esters is 1. The molecule has 0 N–H and O–H groups in total. The number of rotatable bonds is 11. The zero-order valence-electron chi connectivity index (χ0n) is 18.1. The first-order valence-electron chi connectivity index (χ1n) is 10.4. The predicted octanol–water partition coefficient (Wildman–Crippen LogP) is 4.95. The number of hydrogen-bond donors (Lipinski definition) is 0. The molecular weight excluding hydrogens is 390 g/mol. The minimum absolute atomic E-state index is 0.367. The summed E-state index contributed by atoms with van der Waals surface area (Å²) in [6.45, 7) is 2.03. The van der Waals surface area contributed by atoms with Crippen LogP contribution in [-0.2, 0) is 18.0 Å². The molecule has 5 nitrogen and oxygen atoms in total. The van der Waals surface area contributed by atoms with Gasteiger partial charge >= 0.3 is 5.97 Å². The summed E-state index contributed by atoms with van der Waals surface area (Å²) < 4.78 is 17.3. The summed E-state index contributed by atoms with van der Waals surface area (Å²) in [4.78, 5) is 14.7. The van der Waals surface area contributed by atoms with Gasteiger partial charge in [0.05, 0.1) is 12.2 Å². The van der Waals surface area contributed by atoms with Crippen molar-refractivity contribution < 1.29 is 19.0 Å². The van der Waals surface area contributed by atoms with E-state index in [0.29, 0.717) is 36.9 Å². The Labute approximate surface area is 184 Å². The third-order valence-electron chi connectivity index (χ3n) is 4.60. The van der Waals surface area contributed by atoms with Gasteiger partial charge in [-0.25, -0.2) is 4.79 Å². The normalized spacial score (nSPS) is 10.7. The predicted molar refractivity (Wildman–Crippen MR) is 121 cm³/mol. The summed E-state index contributed by atoms with van der Waals surface area (Å²) in [5, 5.41) is 0. The van der Waals surface area contributed by atoms with Crippen LogP contribution < -0.4 is 9.47 Å². The summed E-state index contributed by atoms with van der Waals surface area (Å²) in [7, 11) is 3.98. The van der Waals surface area contributed by atoms with E-state index >= 15 is 0 Å². The van der Waals surface area contributed by atoms with Gasteiger partial charge in [0.25, 0.3) is 0 Å². The number of ether oxygens (including phenoxy) is 3. The van der Waals surface area contributed by atoms with Crippen LogP contribution in [-0.4, -0.2) is 38.1 Å². The van der Waals surface area contributed by atoms with Crippen molar-refractivity contribution in [2.24, 2.45) is 0 Å². The molecule has 0 atom stereocenters. The molecule has 0 fully saturated rings. The number of benzene rings is 3. The van der Waals surface area contributed by atoms with Gasteiger partial charge in [-0.15, -0.1) is 0 Å². The molecule has 0 aromatic heterocycles. The second kappa shape index (κ2) is 11.8. The Bertz CT molecular complexity index is 880. The molecule has 3 rings (SSSR count). The highest BCUT2D eigenvalue weighted by Crippen LogP contribution is 2.25. The summed E-state index contributed by atoms with van der Waals surface area (Å²) in [6.07, 6.45) is 0.778. The highest BCUT2D eigenvalue weighted by atomic mass is 16.5. The van der Waals surface area contributed by atoms with E-state index in [1.54, 1.807) is 18.2 Å². The fourth-order valence-electron chi connectivity index (χ4n) is 2.97. The quantitative estimate of drug-likeness (QED) is 0.325. The van der Waals surface area contributed by atoms with Crippen molar-refractivity contribution in [1.82, 2.24) is 4.90 Å². The van der Waals surface area contributed by atoms with Crippen molar-refractivity contribution in [2.75, 3.05) is 27.2 Å². The number of carbonyl (C=O) groups excluding carboxylic acids is 1. The first-order valence-corrected chi connectivity index (χ1v) is 10.4. The molecule has 0 unspecified atom stereocenters. The van der Waals surface area contributed by atoms with Crippen LogP contribution in [0.5, 0.6) is 11.5 Å². The summed E-state index contributed by atoms with van der Waals surface area (Å²) in [5.41, 5.74) is 2.51. The molecule has 0 radical (unpaired) electrons. The van der Waals surface area contributed by atoms with Crippen molar-refractivity contribution in [2.45, 2.75) is 19.6 Å². The molecule has 3 aromatic rings. The van der Waals surface area contributed by atoms with E-state index in [0.717, 1.165) is 24.1 Å². The monoisotopic (exact) mass is 419 g/mol. The first-order chi connectivity index (χ1) is 15.1. The summed E-state index contributed by atoms with van der Waals surface area (Å²) in [6, 6.07) is 25.0. The van der Waals surface area contributed by atoms with Crippen molar-refractivity contribution in [3.05, 3.63) is 95.6 Å². The smallest absolute Gasteiger partial charge is 0.338 e. The maximum Gasteiger partial charge on any atom is 0.338 e. The van der Waals surface area contributed by atoms with Crippen LogP contribution in [0.2, 0.25) is 0 Å². The highest BCUT2D eigenvalue weighted by molar-refractivity contribution is 5.90. The SMILES string of the molecule is CN(C)CCCOC(=O)c1cc(OCc2ccccc2)cc(OCc2ccccc2)c1. The van der Waals surface area contributed by atoms with E-state index in [9.17, 15) is 4.79 Å². The van der Waals surface area contributed by atoms with E-state index in [-0.39, 0.29) is 5.97 Å². The van der Waals surface area contributed by atoms with E-state index < -0.39 is 0 Å². The molecule has 0 spiro atoms. The number of hydrogen-bond acceptors (Lipinski definition) is 5. The Morgan fingerprint density at radius 1 is 0.774 bits per heavy atom.